The van der Waals surface area contributed by atoms with Gasteiger partial charge in [-0.3, -0.25) is 0 Å². The number of nitrogens with zero attached hydrogens (tertiary/aromatic N) is 3. The van der Waals surface area contributed by atoms with Crippen molar-refractivity contribution in [1.29, 1.82) is 0 Å². The van der Waals surface area contributed by atoms with Gasteiger partial charge in [0, 0.05) is 13.1 Å². The van der Waals surface area contributed by atoms with Gasteiger partial charge in [0.25, 0.3) is 0 Å². The third-order valence-corrected chi connectivity index (χ3v) is 3.02. The summed E-state index contributed by atoms with van der Waals surface area (Å²) >= 11 is 0. The summed E-state index contributed by atoms with van der Waals surface area (Å²) in [5.74, 6) is 1.70. The maximum atomic E-state index is 6.02. The molecule has 0 amide bonds. The minimum Gasteiger partial charge on any atom is -0.476 e. The van der Waals surface area contributed by atoms with Gasteiger partial charge in [-0.2, -0.15) is 4.98 Å². The topological polar surface area (TPSA) is 64.3 Å². The first-order valence-corrected chi connectivity index (χ1v) is 5.95. The Morgan fingerprint density at radius 1 is 1.35 bits per heavy atom. The molecule has 1 heterocycles. The van der Waals surface area contributed by atoms with Crippen LogP contribution in [0.15, 0.2) is 6.33 Å². The van der Waals surface area contributed by atoms with E-state index in [1.807, 2.05) is 14.0 Å². The maximum Gasteiger partial charge on any atom is 0.242 e. The molecule has 0 aliphatic rings. The van der Waals surface area contributed by atoms with Crippen LogP contribution in [0, 0.1) is 5.92 Å². The highest BCUT2D eigenvalue weighted by atomic mass is 16.5. The fourth-order valence-electron chi connectivity index (χ4n) is 1.54. The van der Waals surface area contributed by atoms with Crippen molar-refractivity contribution in [3.05, 3.63) is 6.33 Å². The SMILES string of the molecule is CCOc1ncnc(N(C)C(C)C(C)C)c1N. The number of hydrogen-bond donors (Lipinski definition) is 1. The molecule has 1 unspecified atom stereocenters. The van der Waals surface area contributed by atoms with Crippen molar-refractivity contribution in [2.75, 3.05) is 24.3 Å². The lowest BCUT2D eigenvalue weighted by Gasteiger charge is -2.29. The fraction of sp³-hybridized carbons (Fsp3) is 0.667. The van der Waals surface area contributed by atoms with E-state index in [2.05, 4.69) is 35.6 Å². The molecule has 0 saturated carbocycles. The van der Waals surface area contributed by atoms with Gasteiger partial charge in [-0.1, -0.05) is 13.8 Å². The number of anilines is 2. The van der Waals surface area contributed by atoms with E-state index in [9.17, 15) is 0 Å². The van der Waals surface area contributed by atoms with Gasteiger partial charge in [0.15, 0.2) is 5.82 Å². The maximum absolute atomic E-state index is 6.02. The van der Waals surface area contributed by atoms with E-state index in [4.69, 9.17) is 10.5 Å². The zero-order valence-electron chi connectivity index (χ0n) is 11.3. The van der Waals surface area contributed by atoms with E-state index in [1.54, 1.807) is 0 Å². The highest BCUT2D eigenvalue weighted by Crippen LogP contribution is 2.29. The first-order chi connectivity index (χ1) is 7.99. The van der Waals surface area contributed by atoms with Gasteiger partial charge in [0.1, 0.15) is 12.0 Å². The van der Waals surface area contributed by atoms with E-state index in [1.165, 1.54) is 6.33 Å². The zero-order chi connectivity index (χ0) is 13.0. The number of aromatic nitrogens is 2. The van der Waals surface area contributed by atoms with E-state index < -0.39 is 0 Å². The molecule has 5 heteroatoms. The van der Waals surface area contributed by atoms with Gasteiger partial charge in [0.2, 0.25) is 5.88 Å². The second-order valence-corrected chi connectivity index (χ2v) is 4.44. The predicted molar refractivity (Wildman–Crippen MR) is 70.3 cm³/mol. The molecule has 1 rings (SSSR count). The molecule has 0 aliphatic heterocycles. The van der Waals surface area contributed by atoms with Crippen LogP contribution in [0.4, 0.5) is 11.5 Å². The van der Waals surface area contributed by atoms with Crippen LogP contribution in [0.1, 0.15) is 27.7 Å². The Morgan fingerprint density at radius 3 is 2.53 bits per heavy atom. The second-order valence-electron chi connectivity index (χ2n) is 4.44. The molecule has 0 aromatic carbocycles. The van der Waals surface area contributed by atoms with Crippen molar-refractivity contribution in [2.24, 2.45) is 5.92 Å². The van der Waals surface area contributed by atoms with Crippen LogP contribution in [0.2, 0.25) is 0 Å². The van der Waals surface area contributed by atoms with Crippen molar-refractivity contribution >= 4 is 11.5 Å². The van der Waals surface area contributed by atoms with Gasteiger partial charge in [-0.15, -0.1) is 0 Å². The molecule has 96 valence electrons. The summed E-state index contributed by atoms with van der Waals surface area (Å²) in [6, 6.07) is 0.349. The molecule has 0 spiro atoms. The van der Waals surface area contributed by atoms with Crippen LogP contribution >= 0.6 is 0 Å². The highest BCUT2D eigenvalue weighted by Gasteiger charge is 2.19. The second kappa shape index (κ2) is 5.70. The highest BCUT2D eigenvalue weighted by molar-refractivity contribution is 5.67. The third-order valence-electron chi connectivity index (χ3n) is 3.02. The lowest BCUT2D eigenvalue weighted by molar-refractivity contribution is 0.328. The lowest BCUT2D eigenvalue weighted by Crippen LogP contribution is -2.34. The van der Waals surface area contributed by atoms with Crippen LogP contribution in [0.3, 0.4) is 0 Å². The fourth-order valence-corrected chi connectivity index (χ4v) is 1.54. The molecule has 5 nitrogen and oxygen atoms in total. The van der Waals surface area contributed by atoms with Crippen molar-refractivity contribution in [1.82, 2.24) is 9.97 Å². The molecule has 0 saturated heterocycles. The van der Waals surface area contributed by atoms with Gasteiger partial charge in [-0.05, 0) is 19.8 Å². The Hall–Kier alpha value is -1.52. The Bertz CT molecular complexity index is 368. The molecule has 1 aromatic heterocycles. The average molecular weight is 238 g/mol. The van der Waals surface area contributed by atoms with Gasteiger partial charge in [-0.25, -0.2) is 4.98 Å². The number of nitrogen functional groups attached to an aromatic ring is 1. The van der Waals surface area contributed by atoms with Gasteiger partial charge < -0.3 is 15.4 Å². The summed E-state index contributed by atoms with van der Waals surface area (Å²) in [5.41, 5.74) is 6.52. The first-order valence-electron chi connectivity index (χ1n) is 5.95. The molecule has 0 aliphatic carbocycles. The van der Waals surface area contributed by atoms with E-state index in [-0.39, 0.29) is 0 Å². The van der Waals surface area contributed by atoms with Crippen molar-refractivity contribution in [3.8, 4) is 5.88 Å². The summed E-state index contributed by atoms with van der Waals surface area (Å²) in [6.45, 7) is 8.93. The van der Waals surface area contributed by atoms with E-state index in [0.29, 0.717) is 30.1 Å². The molecular formula is C12H22N4O. The minimum absolute atomic E-state index is 0.349. The molecule has 0 radical (unpaired) electrons. The molecule has 0 fully saturated rings. The van der Waals surface area contributed by atoms with E-state index >= 15 is 0 Å². The molecular weight excluding hydrogens is 216 g/mol. The number of rotatable bonds is 5. The summed E-state index contributed by atoms with van der Waals surface area (Å²) in [4.78, 5) is 10.3. The smallest absolute Gasteiger partial charge is 0.242 e. The predicted octanol–water partition coefficient (Wildman–Crippen LogP) is 1.94. The molecule has 1 atom stereocenters. The van der Waals surface area contributed by atoms with Crippen LogP contribution < -0.4 is 15.4 Å². The third kappa shape index (κ3) is 2.99. The molecule has 0 bridgehead atoms. The molecule has 2 N–H and O–H groups in total. The monoisotopic (exact) mass is 238 g/mol. The standard InChI is InChI=1S/C12H22N4O/c1-6-17-12-10(13)11(14-7-15-12)16(5)9(4)8(2)3/h7-9H,6,13H2,1-5H3. The van der Waals surface area contributed by atoms with Crippen LogP contribution in [-0.2, 0) is 0 Å². The van der Waals surface area contributed by atoms with Crippen LogP contribution in [0.25, 0.3) is 0 Å². The van der Waals surface area contributed by atoms with Gasteiger partial charge >= 0.3 is 0 Å². The Kier molecular flexibility index (Phi) is 4.54. The average Bonchev–Trinajstić information content (AvgIpc) is 2.30. The Balaban J connectivity index is 3.01. The Morgan fingerprint density at radius 2 is 2.00 bits per heavy atom. The first kappa shape index (κ1) is 13.5. The summed E-state index contributed by atoms with van der Waals surface area (Å²) in [5, 5.41) is 0. The summed E-state index contributed by atoms with van der Waals surface area (Å²) in [7, 11) is 1.99. The van der Waals surface area contributed by atoms with Gasteiger partial charge in [0.05, 0.1) is 6.61 Å². The summed E-state index contributed by atoms with van der Waals surface area (Å²) in [6.07, 6.45) is 1.49. The Labute approximate surface area is 103 Å². The normalized spacial score (nSPS) is 12.6. The minimum atomic E-state index is 0.349. The van der Waals surface area contributed by atoms with E-state index in [0.717, 1.165) is 5.82 Å². The van der Waals surface area contributed by atoms with Crippen molar-refractivity contribution in [2.45, 2.75) is 33.7 Å². The number of hydrogen-bond acceptors (Lipinski definition) is 5. The van der Waals surface area contributed by atoms with Crippen molar-refractivity contribution < 1.29 is 4.74 Å². The lowest BCUT2D eigenvalue weighted by atomic mass is 10.1. The number of ether oxygens (including phenoxy) is 1. The quantitative estimate of drug-likeness (QED) is 0.849. The van der Waals surface area contributed by atoms with Crippen molar-refractivity contribution in [3.63, 3.8) is 0 Å². The molecule has 17 heavy (non-hydrogen) atoms. The van der Waals surface area contributed by atoms with Crippen LogP contribution in [-0.4, -0.2) is 29.7 Å². The molecule has 1 aromatic rings. The summed E-state index contributed by atoms with van der Waals surface area (Å²) < 4.78 is 5.36. The zero-order valence-corrected chi connectivity index (χ0v) is 11.3. The van der Waals surface area contributed by atoms with Crippen LogP contribution in [0.5, 0.6) is 5.88 Å². The largest absolute Gasteiger partial charge is 0.476 e. The number of nitrogens with two attached hydrogens (primary N) is 1.